The van der Waals surface area contributed by atoms with Gasteiger partial charge in [0.05, 0.1) is 4.47 Å². The summed E-state index contributed by atoms with van der Waals surface area (Å²) in [6.07, 6.45) is 5.29. The molecule has 2 nitrogen and oxygen atoms in total. The average Bonchev–Trinajstić information content (AvgIpc) is 2.42. The minimum atomic E-state index is -0.411. The van der Waals surface area contributed by atoms with Crippen molar-refractivity contribution in [1.29, 1.82) is 0 Å². The number of hydrogen-bond acceptors (Lipinski definition) is 1. The summed E-state index contributed by atoms with van der Waals surface area (Å²) < 4.78 is 13.3. The fraction of sp³-hybridized carbons (Fsp3) is 0. The normalized spacial score (nSPS) is 9.74. The van der Waals surface area contributed by atoms with Gasteiger partial charge in [0.15, 0.2) is 0 Å². The third-order valence-electron chi connectivity index (χ3n) is 2.47. The van der Waals surface area contributed by atoms with Gasteiger partial charge in [-0.3, -0.25) is 4.79 Å². The lowest BCUT2D eigenvalue weighted by atomic mass is 10.2. The van der Waals surface area contributed by atoms with Crippen LogP contribution < -0.4 is 5.32 Å². The van der Waals surface area contributed by atoms with Crippen LogP contribution in [0.2, 0.25) is 0 Å². The van der Waals surface area contributed by atoms with Crippen molar-refractivity contribution in [2.45, 2.75) is 0 Å². The summed E-state index contributed by atoms with van der Waals surface area (Å²) in [7, 11) is 0. The number of amides is 1. The van der Waals surface area contributed by atoms with E-state index in [2.05, 4.69) is 27.2 Å². The standard InChI is InChI=1S/C15H9BrFNO/c1-2-10-4-3-5-12(8-10)18-15(19)11-6-7-14(17)13(16)9-11/h1,3-9H,(H,18,19). The Balaban J connectivity index is 2.21. The molecule has 1 amide bonds. The molecule has 0 atom stereocenters. The molecule has 0 aliphatic carbocycles. The Kier molecular flexibility index (Phi) is 3.98. The Labute approximate surface area is 118 Å². The molecule has 4 heteroatoms. The number of nitrogens with one attached hydrogen (secondary N) is 1. The fourth-order valence-electron chi connectivity index (χ4n) is 1.53. The summed E-state index contributed by atoms with van der Waals surface area (Å²) in [5.74, 6) is 1.75. The molecule has 0 aromatic heterocycles. The number of rotatable bonds is 2. The molecule has 2 aromatic carbocycles. The Morgan fingerprint density at radius 1 is 1.26 bits per heavy atom. The third kappa shape index (κ3) is 3.21. The highest BCUT2D eigenvalue weighted by molar-refractivity contribution is 9.10. The van der Waals surface area contributed by atoms with E-state index in [1.165, 1.54) is 18.2 Å². The van der Waals surface area contributed by atoms with Gasteiger partial charge >= 0.3 is 0 Å². The number of hydrogen-bond donors (Lipinski definition) is 1. The van der Waals surface area contributed by atoms with Crippen LogP contribution in [-0.4, -0.2) is 5.91 Å². The van der Waals surface area contributed by atoms with Crippen molar-refractivity contribution in [3.8, 4) is 12.3 Å². The van der Waals surface area contributed by atoms with E-state index in [9.17, 15) is 9.18 Å². The number of halogens is 2. The van der Waals surface area contributed by atoms with E-state index < -0.39 is 5.82 Å². The first-order chi connectivity index (χ1) is 9.10. The summed E-state index contributed by atoms with van der Waals surface area (Å²) in [5, 5.41) is 2.70. The van der Waals surface area contributed by atoms with Crippen molar-refractivity contribution in [2.75, 3.05) is 5.32 Å². The maximum atomic E-state index is 13.1. The molecule has 0 spiro atoms. The predicted molar refractivity (Wildman–Crippen MR) is 76.4 cm³/mol. The van der Waals surface area contributed by atoms with Gasteiger partial charge in [0.25, 0.3) is 5.91 Å². The van der Waals surface area contributed by atoms with E-state index in [1.807, 2.05) is 0 Å². The van der Waals surface area contributed by atoms with E-state index in [0.29, 0.717) is 16.8 Å². The first kappa shape index (κ1) is 13.3. The highest BCUT2D eigenvalue weighted by Crippen LogP contribution is 2.18. The molecular formula is C15H9BrFNO. The minimum absolute atomic E-state index is 0.248. The van der Waals surface area contributed by atoms with Crippen molar-refractivity contribution < 1.29 is 9.18 Å². The van der Waals surface area contributed by atoms with Gasteiger partial charge < -0.3 is 5.32 Å². The zero-order valence-electron chi connectivity index (χ0n) is 9.78. The third-order valence-corrected chi connectivity index (χ3v) is 3.08. The van der Waals surface area contributed by atoms with Crippen LogP contribution in [0.1, 0.15) is 15.9 Å². The maximum absolute atomic E-state index is 13.1. The summed E-state index contributed by atoms with van der Waals surface area (Å²) in [6, 6.07) is 11.0. The van der Waals surface area contributed by atoms with Gasteiger partial charge in [0, 0.05) is 16.8 Å². The lowest BCUT2D eigenvalue weighted by Crippen LogP contribution is -2.12. The first-order valence-corrected chi connectivity index (χ1v) is 6.22. The fourth-order valence-corrected chi connectivity index (χ4v) is 1.91. The van der Waals surface area contributed by atoms with Crippen LogP contribution in [0.3, 0.4) is 0 Å². The molecule has 0 saturated carbocycles. The van der Waals surface area contributed by atoms with Crippen LogP contribution in [0.4, 0.5) is 10.1 Å². The summed E-state index contributed by atoms with van der Waals surface area (Å²) >= 11 is 3.04. The SMILES string of the molecule is C#Cc1cccc(NC(=O)c2ccc(F)c(Br)c2)c1. The molecule has 2 rings (SSSR count). The largest absolute Gasteiger partial charge is 0.322 e. The van der Waals surface area contributed by atoms with Crippen molar-refractivity contribution in [2.24, 2.45) is 0 Å². The van der Waals surface area contributed by atoms with E-state index in [4.69, 9.17) is 6.42 Å². The van der Waals surface area contributed by atoms with E-state index in [1.54, 1.807) is 24.3 Å². The van der Waals surface area contributed by atoms with Gasteiger partial charge in [0.2, 0.25) is 0 Å². The summed E-state index contributed by atoms with van der Waals surface area (Å²) in [6.45, 7) is 0. The molecule has 0 unspecified atom stereocenters. The van der Waals surface area contributed by atoms with Gasteiger partial charge in [-0.2, -0.15) is 0 Å². The van der Waals surface area contributed by atoms with Crippen molar-refractivity contribution in [3.05, 3.63) is 63.9 Å². The maximum Gasteiger partial charge on any atom is 0.255 e. The Morgan fingerprint density at radius 3 is 2.74 bits per heavy atom. The zero-order valence-corrected chi connectivity index (χ0v) is 11.4. The summed E-state index contributed by atoms with van der Waals surface area (Å²) in [4.78, 5) is 12.0. The van der Waals surface area contributed by atoms with Gasteiger partial charge in [-0.25, -0.2) is 4.39 Å². The van der Waals surface area contributed by atoms with E-state index in [0.717, 1.165) is 0 Å². The number of carbonyl (C=O) groups is 1. The monoisotopic (exact) mass is 317 g/mol. The molecule has 0 fully saturated rings. The van der Waals surface area contributed by atoms with Crippen LogP contribution in [0.25, 0.3) is 0 Å². The Hall–Kier alpha value is -2.12. The van der Waals surface area contributed by atoms with Crippen LogP contribution in [0, 0.1) is 18.2 Å². The molecule has 94 valence electrons. The number of carbonyl (C=O) groups excluding carboxylic acids is 1. The molecule has 0 aliphatic rings. The lowest BCUT2D eigenvalue weighted by molar-refractivity contribution is 0.102. The van der Waals surface area contributed by atoms with Crippen molar-refractivity contribution in [3.63, 3.8) is 0 Å². The molecular weight excluding hydrogens is 309 g/mol. The van der Waals surface area contributed by atoms with Crippen LogP contribution in [0.5, 0.6) is 0 Å². The van der Waals surface area contributed by atoms with E-state index >= 15 is 0 Å². The van der Waals surface area contributed by atoms with Crippen LogP contribution in [0.15, 0.2) is 46.9 Å². The molecule has 0 saturated heterocycles. The highest BCUT2D eigenvalue weighted by atomic mass is 79.9. The highest BCUT2D eigenvalue weighted by Gasteiger charge is 2.08. The second-order valence-electron chi connectivity index (χ2n) is 3.81. The predicted octanol–water partition coefficient (Wildman–Crippen LogP) is 3.82. The number of terminal acetylenes is 1. The van der Waals surface area contributed by atoms with Crippen molar-refractivity contribution >= 4 is 27.5 Å². The molecule has 0 aliphatic heterocycles. The minimum Gasteiger partial charge on any atom is -0.322 e. The number of benzene rings is 2. The quantitative estimate of drug-likeness (QED) is 0.838. The molecule has 0 radical (unpaired) electrons. The van der Waals surface area contributed by atoms with E-state index in [-0.39, 0.29) is 10.4 Å². The van der Waals surface area contributed by atoms with Gasteiger partial charge in [0.1, 0.15) is 5.82 Å². The topological polar surface area (TPSA) is 29.1 Å². The summed E-state index contributed by atoms with van der Waals surface area (Å²) in [5.41, 5.74) is 1.64. The number of anilines is 1. The molecule has 0 heterocycles. The molecule has 19 heavy (non-hydrogen) atoms. The van der Waals surface area contributed by atoms with Gasteiger partial charge in [-0.15, -0.1) is 6.42 Å². The molecule has 0 bridgehead atoms. The van der Waals surface area contributed by atoms with Crippen molar-refractivity contribution in [1.82, 2.24) is 0 Å². The first-order valence-electron chi connectivity index (χ1n) is 5.43. The Morgan fingerprint density at radius 2 is 2.05 bits per heavy atom. The molecule has 1 N–H and O–H groups in total. The zero-order chi connectivity index (χ0) is 13.8. The second kappa shape index (κ2) is 5.68. The molecule has 2 aromatic rings. The Bertz CT molecular complexity index is 676. The van der Waals surface area contributed by atoms with Crippen LogP contribution in [-0.2, 0) is 0 Å². The smallest absolute Gasteiger partial charge is 0.255 e. The lowest BCUT2D eigenvalue weighted by Gasteiger charge is -2.06. The average molecular weight is 318 g/mol. The van der Waals surface area contributed by atoms with Crippen LogP contribution >= 0.6 is 15.9 Å². The van der Waals surface area contributed by atoms with Gasteiger partial charge in [-0.1, -0.05) is 12.0 Å². The van der Waals surface area contributed by atoms with Gasteiger partial charge in [-0.05, 0) is 52.3 Å². The second-order valence-corrected chi connectivity index (χ2v) is 4.66.